The van der Waals surface area contributed by atoms with Crippen LogP contribution in [0.25, 0.3) is 94.7 Å². The molecule has 0 N–H and O–H groups in total. The van der Waals surface area contributed by atoms with Gasteiger partial charge in [0.15, 0.2) is 17.2 Å². The third-order valence-electron chi connectivity index (χ3n) is 9.39. The molecule has 0 saturated heterocycles. The van der Waals surface area contributed by atoms with Crippen LogP contribution in [0.2, 0.25) is 0 Å². The third kappa shape index (κ3) is 4.58. The first-order valence-corrected chi connectivity index (χ1v) is 16.5. The lowest BCUT2D eigenvalue weighted by Crippen LogP contribution is -2.06. The summed E-state index contributed by atoms with van der Waals surface area (Å²) >= 11 is 0. The Morgan fingerprint density at radius 3 is 1.84 bits per heavy atom. The molecule has 0 spiro atoms. The van der Waals surface area contributed by atoms with Crippen LogP contribution in [0.1, 0.15) is 0 Å². The summed E-state index contributed by atoms with van der Waals surface area (Å²) < 4.78 is 8.43. The second-order valence-electron chi connectivity index (χ2n) is 12.3. The van der Waals surface area contributed by atoms with Gasteiger partial charge in [-0.3, -0.25) is 9.55 Å². The number of aromatic nitrogens is 5. The number of benzene rings is 6. The van der Waals surface area contributed by atoms with Gasteiger partial charge in [0.25, 0.3) is 0 Å². The van der Waals surface area contributed by atoms with Crippen LogP contribution in [0.3, 0.4) is 0 Å². The SMILES string of the molecule is c1ccc(-c2cccc(-c3nc(-c4ccc(-c5cccc6c5oc5cnccc56)cc4)nc(-n4c5ccccc5c5ccccc54)n3)c2)cc1. The fourth-order valence-corrected chi connectivity index (χ4v) is 7.01. The molecule has 10 aromatic rings. The summed E-state index contributed by atoms with van der Waals surface area (Å²) in [6.07, 6.45) is 3.57. The number of hydrogen-bond acceptors (Lipinski definition) is 5. The lowest BCUT2D eigenvalue weighted by molar-refractivity contribution is 0.668. The van der Waals surface area contributed by atoms with Gasteiger partial charge in [0.2, 0.25) is 5.95 Å². The van der Waals surface area contributed by atoms with E-state index in [1.54, 1.807) is 12.4 Å². The zero-order valence-corrected chi connectivity index (χ0v) is 26.7. The van der Waals surface area contributed by atoms with Gasteiger partial charge in [0.05, 0.1) is 17.2 Å². The number of pyridine rings is 1. The number of furan rings is 1. The highest BCUT2D eigenvalue weighted by Gasteiger charge is 2.18. The molecule has 4 aromatic heterocycles. The van der Waals surface area contributed by atoms with Crippen molar-refractivity contribution in [1.82, 2.24) is 24.5 Å². The maximum atomic E-state index is 6.29. The number of fused-ring (bicyclic) bond motifs is 6. The Kier molecular flexibility index (Phi) is 6.39. The summed E-state index contributed by atoms with van der Waals surface area (Å²) in [6.45, 7) is 0. The number of rotatable bonds is 5. The quantitative estimate of drug-likeness (QED) is 0.187. The van der Waals surface area contributed by atoms with Crippen molar-refractivity contribution in [2.75, 3.05) is 0 Å². The van der Waals surface area contributed by atoms with Crippen LogP contribution in [0.4, 0.5) is 0 Å². The van der Waals surface area contributed by atoms with E-state index >= 15 is 0 Å². The van der Waals surface area contributed by atoms with E-state index in [9.17, 15) is 0 Å². The molecule has 6 nitrogen and oxygen atoms in total. The molecule has 0 aliphatic carbocycles. The third-order valence-corrected chi connectivity index (χ3v) is 9.39. The van der Waals surface area contributed by atoms with Crippen molar-refractivity contribution in [3.63, 3.8) is 0 Å². The Bertz CT molecular complexity index is 2820. The summed E-state index contributed by atoms with van der Waals surface area (Å²) in [5.74, 6) is 1.77. The standard InChI is InChI=1S/C44H27N5O/c1-2-10-28(11-3-1)31-12-8-13-32(26-31)43-46-42(47-44(48-43)49-38-18-6-4-14-34(38)35-15-5-7-19-39(35)49)30-22-20-29(21-23-30)33-16-9-17-37-36-24-25-45-27-40(36)50-41(33)37/h1-27H. The van der Waals surface area contributed by atoms with Gasteiger partial charge in [-0.15, -0.1) is 0 Å². The molecule has 0 aliphatic rings. The predicted octanol–water partition coefficient (Wildman–Crippen LogP) is 10.9. The van der Waals surface area contributed by atoms with Gasteiger partial charge < -0.3 is 4.42 Å². The van der Waals surface area contributed by atoms with E-state index in [0.29, 0.717) is 17.6 Å². The second kappa shape index (κ2) is 11.4. The molecular weight excluding hydrogens is 615 g/mol. The topological polar surface area (TPSA) is 69.6 Å². The molecule has 0 atom stereocenters. The van der Waals surface area contributed by atoms with E-state index in [4.69, 9.17) is 19.4 Å². The highest BCUT2D eigenvalue weighted by Crippen LogP contribution is 2.37. The maximum Gasteiger partial charge on any atom is 0.238 e. The van der Waals surface area contributed by atoms with Gasteiger partial charge in [-0.25, -0.2) is 4.98 Å². The van der Waals surface area contributed by atoms with Crippen molar-refractivity contribution < 1.29 is 4.42 Å². The van der Waals surface area contributed by atoms with Crippen LogP contribution in [0, 0.1) is 0 Å². The minimum absolute atomic E-state index is 0.567. The van der Waals surface area contributed by atoms with Crippen LogP contribution in [-0.4, -0.2) is 24.5 Å². The van der Waals surface area contributed by atoms with Crippen molar-refractivity contribution in [2.24, 2.45) is 0 Å². The number of nitrogens with zero attached hydrogens (tertiary/aromatic N) is 5. The van der Waals surface area contributed by atoms with Crippen molar-refractivity contribution in [1.29, 1.82) is 0 Å². The van der Waals surface area contributed by atoms with Gasteiger partial charge >= 0.3 is 0 Å². The minimum atomic E-state index is 0.567. The summed E-state index contributed by atoms with van der Waals surface area (Å²) in [6, 6.07) is 52.2. The molecule has 6 heteroatoms. The fourth-order valence-electron chi connectivity index (χ4n) is 7.01. The van der Waals surface area contributed by atoms with E-state index in [2.05, 4.69) is 149 Å². The molecule has 0 aliphatic heterocycles. The first-order valence-electron chi connectivity index (χ1n) is 16.5. The number of para-hydroxylation sites is 3. The first kappa shape index (κ1) is 28.1. The van der Waals surface area contributed by atoms with Gasteiger partial charge in [0, 0.05) is 44.4 Å². The molecule has 6 aromatic carbocycles. The van der Waals surface area contributed by atoms with E-state index < -0.39 is 0 Å². The molecule has 50 heavy (non-hydrogen) atoms. The van der Waals surface area contributed by atoms with Crippen molar-refractivity contribution in [3.05, 3.63) is 164 Å². The second-order valence-corrected chi connectivity index (χ2v) is 12.3. The molecule has 0 radical (unpaired) electrons. The molecule has 4 heterocycles. The monoisotopic (exact) mass is 641 g/mol. The van der Waals surface area contributed by atoms with E-state index in [1.165, 1.54) is 0 Å². The molecule has 0 unspecified atom stereocenters. The Hall–Kier alpha value is -6.92. The minimum Gasteiger partial charge on any atom is -0.454 e. The summed E-state index contributed by atoms with van der Waals surface area (Å²) in [5.41, 5.74) is 9.80. The molecule has 0 fully saturated rings. The van der Waals surface area contributed by atoms with Gasteiger partial charge in [-0.2, -0.15) is 9.97 Å². The Morgan fingerprint density at radius 2 is 1.06 bits per heavy atom. The summed E-state index contributed by atoms with van der Waals surface area (Å²) in [7, 11) is 0. The molecular formula is C44H27N5O. The normalized spacial score (nSPS) is 11.6. The average molecular weight is 642 g/mol. The highest BCUT2D eigenvalue weighted by molar-refractivity contribution is 6.10. The zero-order chi connectivity index (χ0) is 33.0. The van der Waals surface area contributed by atoms with E-state index in [-0.39, 0.29) is 0 Å². The van der Waals surface area contributed by atoms with Crippen molar-refractivity contribution in [3.8, 4) is 51.0 Å². The predicted molar refractivity (Wildman–Crippen MR) is 201 cm³/mol. The average Bonchev–Trinajstić information content (AvgIpc) is 3.74. The van der Waals surface area contributed by atoms with Gasteiger partial charge in [-0.1, -0.05) is 127 Å². The zero-order valence-electron chi connectivity index (χ0n) is 26.7. The van der Waals surface area contributed by atoms with Crippen LogP contribution < -0.4 is 0 Å². The van der Waals surface area contributed by atoms with E-state index in [0.717, 1.165) is 77.1 Å². The van der Waals surface area contributed by atoms with Crippen LogP contribution in [0.15, 0.2) is 168 Å². The van der Waals surface area contributed by atoms with Crippen LogP contribution in [-0.2, 0) is 0 Å². The number of hydrogen-bond donors (Lipinski definition) is 0. The largest absolute Gasteiger partial charge is 0.454 e. The van der Waals surface area contributed by atoms with Crippen molar-refractivity contribution in [2.45, 2.75) is 0 Å². The molecule has 0 bridgehead atoms. The fraction of sp³-hybridized carbons (Fsp3) is 0. The Balaban J connectivity index is 1.15. The molecule has 0 saturated carbocycles. The maximum absolute atomic E-state index is 6.29. The summed E-state index contributed by atoms with van der Waals surface area (Å²) in [5, 5.41) is 4.43. The smallest absolute Gasteiger partial charge is 0.238 e. The highest BCUT2D eigenvalue weighted by atomic mass is 16.3. The molecule has 0 amide bonds. The van der Waals surface area contributed by atoms with E-state index in [1.807, 2.05) is 12.1 Å². The Morgan fingerprint density at radius 1 is 0.440 bits per heavy atom. The van der Waals surface area contributed by atoms with Gasteiger partial charge in [-0.05, 0) is 41.0 Å². The van der Waals surface area contributed by atoms with Crippen LogP contribution >= 0.6 is 0 Å². The first-order chi connectivity index (χ1) is 24.8. The van der Waals surface area contributed by atoms with Crippen molar-refractivity contribution >= 4 is 43.7 Å². The lowest BCUT2D eigenvalue weighted by Gasteiger charge is -2.12. The van der Waals surface area contributed by atoms with Crippen LogP contribution in [0.5, 0.6) is 0 Å². The van der Waals surface area contributed by atoms with Gasteiger partial charge in [0.1, 0.15) is 5.58 Å². The summed E-state index contributed by atoms with van der Waals surface area (Å²) in [4.78, 5) is 19.6. The lowest BCUT2D eigenvalue weighted by atomic mass is 10.0. The Labute approximate surface area is 287 Å². The molecule has 234 valence electrons. The molecule has 10 rings (SSSR count).